The van der Waals surface area contributed by atoms with E-state index in [1.165, 1.54) is 42.9 Å². The molecule has 1 aliphatic rings. The van der Waals surface area contributed by atoms with Gasteiger partial charge in [-0.15, -0.1) is 11.8 Å². The van der Waals surface area contributed by atoms with Gasteiger partial charge in [0.2, 0.25) is 0 Å². The van der Waals surface area contributed by atoms with Crippen LogP contribution in [0.25, 0.3) is 0 Å². The Hall–Kier alpha value is -0.540. The third-order valence-corrected chi connectivity index (χ3v) is 4.92. The van der Waals surface area contributed by atoms with E-state index in [1.54, 1.807) is 0 Å². The van der Waals surface area contributed by atoms with Gasteiger partial charge in [0.1, 0.15) is 5.03 Å². The van der Waals surface area contributed by atoms with Crippen molar-refractivity contribution in [3.8, 4) is 0 Å². The predicted molar refractivity (Wildman–Crippen MR) is 92.9 cm³/mol. The molecule has 1 atom stereocenters. The molecule has 0 saturated carbocycles. The Morgan fingerprint density at radius 1 is 1.33 bits per heavy atom. The highest BCUT2D eigenvalue weighted by molar-refractivity contribution is 8.00. The van der Waals surface area contributed by atoms with Gasteiger partial charge in [0.05, 0.1) is 0 Å². The number of hydrogen-bond donors (Lipinski definition) is 0. The lowest BCUT2D eigenvalue weighted by molar-refractivity contribution is 0.130. The van der Waals surface area contributed by atoms with E-state index >= 15 is 0 Å². The van der Waals surface area contributed by atoms with E-state index in [0.717, 1.165) is 5.92 Å². The van der Waals surface area contributed by atoms with E-state index in [9.17, 15) is 0 Å². The van der Waals surface area contributed by atoms with E-state index < -0.39 is 0 Å². The van der Waals surface area contributed by atoms with Crippen LogP contribution in [0.5, 0.6) is 0 Å². The van der Waals surface area contributed by atoms with Gasteiger partial charge >= 0.3 is 0 Å². The molecule has 1 aromatic rings. The number of rotatable bonds is 4. The maximum atomic E-state index is 4.69. The van der Waals surface area contributed by atoms with E-state index in [0.29, 0.717) is 6.04 Å². The Balaban J connectivity index is 2.25. The molecule has 0 aromatic carbocycles. The van der Waals surface area contributed by atoms with Crippen LogP contribution >= 0.6 is 11.8 Å². The third kappa shape index (κ3) is 5.00. The maximum Gasteiger partial charge on any atom is 0.101 e. The fourth-order valence-electron chi connectivity index (χ4n) is 3.06. The Kier molecular flexibility index (Phi) is 5.73. The monoisotopic (exact) mass is 306 g/mol. The minimum atomic E-state index is 0.209. The van der Waals surface area contributed by atoms with Crippen molar-refractivity contribution in [1.82, 2.24) is 9.88 Å². The Morgan fingerprint density at radius 3 is 2.76 bits per heavy atom. The zero-order chi connectivity index (χ0) is 15.5. The molecular weight excluding hydrogens is 276 g/mol. The van der Waals surface area contributed by atoms with Crippen LogP contribution in [0.1, 0.15) is 65.5 Å². The number of piperidine rings is 1. The molecule has 0 bridgehead atoms. The average Bonchev–Trinajstić information content (AvgIpc) is 2.38. The van der Waals surface area contributed by atoms with Crippen LogP contribution in [-0.2, 0) is 0 Å². The molecule has 1 fully saturated rings. The van der Waals surface area contributed by atoms with Gasteiger partial charge in [-0.3, -0.25) is 4.90 Å². The molecule has 0 aliphatic carbocycles. The zero-order valence-electron chi connectivity index (χ0n) is 14.2. The molecule has 1 aromatic heterocycles. The first-order valence-corrected chi connectivity index (χ1v) is 9.06. The largest absolute Gasteiger partial charge is 0.296 e. The molecule has 1 saturated heterocycles. The van der Waals surface area contributed by atoms with Crippen LogP contribution in [-0.4, -0.2) is 27.7 Å². The van der Waals surface area contributed by atoms with Gasteiger partial charge in [0, 0.05) is 29.1 Å². The lowest BCUT2D eigenvalue weighted by atomic mass is 9.95. The van der Waals surface area contributed by atoms with Crippen LogP contribution in [0.15, 0.2) is 23.4 Å². The van der Waals surface area contributed by atoms with E-state index in [-0.39, 0.29) is 4.75 Å². The van der Waals surface area contributed by atoms with Crippen molar-refractivity contribution in [2.24, 2.45) is 5.92 Å². The smallest absolute Gasteiger partial charge is 0.101 e. The van der Waals surface area contributed by atoms with Gasteiger partial charge < -0.3 is 0 Å². The van der Waals surface area contributed by atoms with E-state index in [4.69, 9.17) is 0 Å². The summed E-state index contributed by atoms with van der Waals surface area (Å²) in [7, 11) is 0. The molecule has 2 rings (SSSR count). The SMILES string of the molecule is CC(C)CN1CCCC[C@H]1c1cccnc1SC(C)(C)C. The van der Waals surface area contributed by atoms with Crippen LogP contribution in [0.4, 0.5) is 0 Å². The van der Waals surface area contributed by atoms with Crippen LogP contribution < -0.4 is 0 Å². The Bertz CT molecular complexity index is 451. The van der Waals surface area contributed by atoms with Crippen molar-refractivity contribution in [2.45, 2.75) is 69.7 Å². The van der Waals surface area contributed by atoms with Crippen molar-refractivity contribution >= 4 is 11.8 Å². The summed E-state index contributed by atoms with van der Waals surface area (Å²) in [5.74, 6) is 0.723. The van der Waals surface area contributed by atoms with Crippen molar-refractivity contribution in [3.63, 3.8) is 0 Å². The first-order valence-electron chi connectivity index (χ1n) is 8.25. The molecule has 118 valence electrons. The summed E-state index contributed by atoms with van der Waals surface area (Å²) in [6.07, 6.45) is 5.89. The number of pyridine rings is 1. The van der Waals surface area contributed by atoms with Crippen molar-refractivity contribution < 1.29 is 0 Å². The summed E-state index contributed by atoms with van der Waals surface area (Å²) in [4.78, 5) is 7.37. The normalized spacial score (nSPS) is 21.0. The minimum absolute atomic E-state index is 0.209. The number of aromatic nitrogens is 1. The van der Waals surface area contributed by atoms with Crippen LogP contribution in [0, 0.1) is 5.92 Å². The van der Waals surface area contributed by atoms with Crippen LogP contribution in [0.3, 0.4) is 0 Å². The van der Waals surface area contributed by atoms with Gasteiger partial charge in [0.25, 0.3) is 0 Å². The fraction of sp³-hybridized carbons (Fsp3) is 0.722. The van der Waals surface area contributed by atoms with Gasteiger partial charge in [-0.25, -0.2) is 4.98 Å². The second-order valence-electron chi connectivity index (χ2n) is 7.51. The predicted octanol–water partition coefficient (Wildman–Crippen LogP) is 5.16. The molecule has 0 amide bonds. The molecule has 0 unspecified atom stereocenters. The number of thioether (sulfide) groups is 1. The molecule has 0 radical (unpaired) electrons. The van der Waals surface area contributed by atoms with Crippen LogP contribution in [0.2, 0.25) is 0 Å². The highest BCUT2D eigenvalue weighted by Crippen LogP contribution is 2.39. The highest BCUT2D eigenvalue weighted by atomic mass is 32.2. The minimum Gasteiger partial charge on any atom is -0.296 e. The summed E-state index contributed by atoms with van der Waals surface area (Å²) < 4.78 is 0.209. The lowest BCUT2D eigenvalue weighted by Crippen LogP contribution is -2.36. The summed E-state index contributed by atoms with van der Waals surface area (Å²) >= 11 is 1.90. The molecule has 3 heteroatoms. The summed E-state index contributed by atoms with van der Waals surface area (Å²) in [6.45, 7) is 13.9. The molecule has 2 heterocycles. The lowest BCUT2D eigenvalue weighted by Gasteiger charge is -2.38. The first-order chi connectivity index (χ1) is 9.87. The van der Waals surface area contributed by atoms with Gasteiger partial charge in [-0.1, -0.05) is 47.1 Å². The van der Waals surface area contributed by atoms with Crippen molar-refractivity contribution in [2.75, 3.05) is 13.1 Å². The molecule has 0 spiro atoms. The maximum absolute atomic E-state index is 4.69. The summed E-state index contributed by atoms with van der Waals surface area (Å²) in [5, 5.41) is 1.23. The van der Waals surface area contributed by atoms with Gasteiger partial charge in [0.15, 0.2) is 0 Å². The molecule has 2 nitrogen and oxygen atoms in total. The molecule has 1 aliphatic heterocycles. The number of likely N-dealkylation sites (tertiary alicyclic amines) is 1. The Labute approximate surface area is 134 Å². The second-order valence-corrected chi connectivity index (χ2v) is 9.33. The number of nitrogens with zero attached hydrogens (tertiary/aromatic N) is 2. The Morgan fingerprint density at radius 2 is 2.10 bits per heavy atom. The van der Waals surface area contributed by atoms with Crippen molar-refractivity contribution in [3.05, 3.63) is 23.9 Å². The average molecular weight is 307 g/mol. The summed E-state index contributed by atoms with van der Waals surface area (Å²) in [5.41, 5.74) is 1.44. The zero-order valence-corrected chi connectivity index (χ0v) is 15.0. The van der Waals surface area contributed by atoms with Gasteiger partial charge in [-0.2, -0.15) is 0 Å². The third-order valence-electron chi connectivity index (χ3n) is 3.78. The molecule has 0 N–H and O–H groups in total. The topological polar surface area (TPSA) is 16.1 Å². The van der Waals surface area contributed by atoms with E-state index in [1.807, 2.05) is 18.0 Å². The van der Waals surface area contributed by atoms with Crippen molar-refractivity contribution in [1.29, 1.82) is 0 Å². The highest BCUT2D eigenvalue weighted by Gasteiger charge is 2.28. The first kappa shape index (κ1) is 16.8. The molecule has 21 heavy (non-hydrogen) atoms. The fourth-order valence-corrected chi connectivity index (χ4v) is 4.08. The summed E-state index contributed by atoms with van der Waals surface area (Å²) in [6, 6.07) is 4.95. The van der Waals surface area contributed by atoms with E-state index in [2.05, 4.69) is 56.6 Å². The quantitative estimate of drug-likeness (QED) is 0.715. The molecular formula is C18H30N2S. The number of hydrogen-bond acceptors (Lipinski definition) is 3. The van der Waals surface area contributed by atoms with Gasteiger partial charge in [-0.05, 0) is 31.4 Å². The standard InChI is InChI=1S/C18H30N2S/c1-14(2)13-20-12-7-6-10-16(20)15-9-8-11-19-17(15)21-18(3,4)5/h8-9,11,14,16H,6-7,10,12-13H2,1-5H3/t16-/m0/s1. The second kappa shape index (κ2) is 7.15.